The molecule has 9 heteroatoms. The van der Waals surface area contributed by atoms with Crippen LogP contribution in [0.25, 0.3) is 0 Å². The third-order valence-electron chi connectivity index (χ3n) is 4.81. The van der Waals surface area contributed by atoms with Gasteiger partial charge in [-0.05, 0) is 37.0 Å². The second-order valence-electron chi connectivity index (χ2n) is 6.78. The molecular weight excluding hydrogens is 531 g/mol. The minimum atomic E-state index is -2.88. The van der Waals surface area contributed by atoms with Crippen molar-refractivity contribution in [3.63, 3.8) is 0 Å². The van der Waals surface area contributed by atoms with Crippen molar-refractivity contribution in [1.82, 2.24) is 10.6 Å². The van der Waals surface area contributed by atoms with Gasteiger partial charge < -0.3 is 15.5 Å². The van der Waals surface area contributed by atoms with Crippen LogP contribution in [-0.2, 0) is 9.84 Å². The molecule has 2 fully saturated rings. The van der Waals surface area contributed by atoms with Crippen molar-refractivity contribution < 1.29 is 8.42 Å². The summed E-state index contributed by atoms with van der Waals surface area (Å²) in [5.74, 6) is 1.72. The van der Waals surface area contributed by atoms with Gasteiger partial charge in [-0.25, -0.2) is 8.42 Å². The Morgan fingerprint density at radius 3 is 2.85 bits per heavy atom. The number of rotatable bonds is 4. The van der Waals surface area contributed by atoms with Gasteiger partial charge in [0.1, 0.15) is 0 Å². The summed E-state index contributed by atoms with van der Waals surface area (Å²) in [6, 6.07) is 8.36. The van der Waals surface area contributed by atoms with E-state index in [4.69, 9.17) is 0 Å². The largest absolute Gasteiger partial charge is 0.371 e. The molecule has 3 rings (SSSR count). The molecule has 0 aromatic heterocycles. The first-order valence-corrected chi connectivity index (χ1v) is 11.2. The van der Waals surface area contributed by atoms with Gasteiger partial charge in [0.25, 0.3) is 0 Å². The van der Waals surface area contributed by atoms with E-state index in [9.17, 15) is 8.42 Å². The summed E-state index contributed by atoms with van der Waals surface area (Å²) in [7, 11) is -1.15. The average molecular weight is 557 g/mol. The van der Waals surface area contributed by atoms with Crippen LogP contribution in [0.3, 0.4) is 0 Å². The van der Waals surface area contributed by atoms with Crippen molar-refractivity contribution in [1.29, 1.82) is 0 Å². The summed E-state index contributed by atoms with van der Waals surface area (Å²) in [4.78, 5) is 6.63. The first kappa shape index (κ1) is 21.7. The van der Waals surface area contributed by atoms with Crippen molar-refractivity contribution >= 4 is 61.4 Å². The molecular formula is C17H26BrIN4O2S. The smallest absolute Gasteiger partial charge is 0.191 e. The van der Waals surface area contributed by atoms with Crippen molar-refractivity contribution in [2.45, 2.75) is 18.9 Å². The minimum absolute atomic E-state index is 0. The Bertz CT molecular complexity index is 744. The molecule has 2 N–H and O–H groups in total. The predicted molar refractivity (Wildman–Crippen MR) is 121 cm³/mol. The van der Waals surface area contributed by atoms with Gasteiger partial charge in [-0.1, -0.05) is 22.0 Å². The number of benzene rings is 1. The fourth-order valence-corrected chi connectivity index (χ4v) is 5.50. The summed E-state index contributed by atoms with van der Waals surface area (Å²) < 4.78 is 24.2. The van der Waals surface area contributed by atoms with E-state index in [0.29, 0.717) is 18.3 Å². The average Bonchev–Trinajstić information content (AvgIpc) is 3.18. The highest BCUT2D eigenvalue weighted by atomic mass is 127. The number of hydrogen-bond acceptors (Lipinski definition) is 4. The number of sulfone groups is 1. The molecule has 0 spiro atoms. The first-order chi connectivity index (χ1) is 11.9. The Labute approximate surface area is 181 Å². The molecule has 26 heavy (non-hydrogen) atoms. The Morgan fingerprint density at radius 1 is 1.38 bits per heavy atom. The summed E-state index contributed by atoms with van der Waals surface area (Å²) in [6.07, 6.45) is 1.79. The third-order valence-corrected chi connectivity index (χ3v) is 7.08. The van der Waals surface area contributed by atoms with Crippen LogP contribution in [0.15, 0.2) is 33.7 Å². The molecule has 2 aliphatic heterocycles. The van der Waals surface area contributed by atoms with Gasteiger partial charge in [0.05, 0.1) is 11.5 Å². The van der Waals surface area contributed by atoms with Gasteiger partial charge in [0.15, 0.2) is 15.8 Å². The molecule has 0 saturated carbocycles. The molecule has 0 radical (unpaired) electrons. The summed E-state index contributed by atoms with van der Waals surface area (Å²) in [5.41, 5.74) is 1.25. The van der Waals surface area contributed by atoms with Crippen LogP contribution in [0.1, 0.15) is 12.8 Å². The van der Waals surface area contributed by atoms with Crippen LogP contribution in [-0.4, -0.2) is 58.6 Å². The zero-order valence-corrected chi connectivity index (χ0v) is 19.6. The third kappa shape index (κ3) is 5.98. The topological polar surface area (TPSA) is 73.8 Å². The number of aliphatic imine (C=N–C) groups is 1. The quantitative estimate of drug-likeness (QED) is 0.338. The number of anilines is 1. The molecule has 0 amide bonds. The SMILES string of the molecule is CN=C(NCC1CCN(c2cccc(Br)c2)C1)NC1CCS(=O)(=O)C1.I. The van der Waals surface area contributed by atoms with Crippen LogP contribution in [0.5, 0.6) is 0 Å². The van der Waals surface area contributed by atoms with Gasteiger partial charge in [-0.2, -0.15) is 0 Å². The lowest BCUT2D eigenvalue weighted by Gasteiger charge is -2.20. The molecule has 0 bridgehead atoms. The van der Waals surface area contributed by atoms with Crippen LogP contribution in [0, 0.1) is 5.92 Å². The second-order valence-corrected chi connectivity index (χ2v) is 9.92. The van der Waals surface area contributed by atoms with Crippen molar-refractivity contribution in [3.8, 4) is 0 Å². The fourth-order valence-electron chi connectivity index (χ4n) is 3.44. The van der Waals surface area contributed by atoms with Crippen LogP contribution in [0.2, 0.25) is 0 Å². The molecule has 0 aliphatic carbocycles. The highest BCUT2D eigenvalue weighted by Crippen LogP contribution is 2.25. The van der Waals surface area contributed by atoms with E-state index in [2.05, 4.69) is 54.7 Å². The van der Waals surface area contributed by atoms with Crippen LogP contribution in [0.4, 0.5) is 5.69 Å². The zero-order valence-electron chi connectivity index (χ0n) is 14.8. The van der Waals surface area contributed by atoms with E-state index in [1.54, 1.807) is 7.05 Å². The maximum Gasteiger partial charge on any atom is 0.191 e. The lowest BCUT2D eigenvalue weighted by molar-refractivity contribution is 0.558. The van der Waals surface area contributed by atoms with Gasteiger partial charge in [-0.15, -0.1) is 24.0 Å². The predicted octanol–water partition coefficient (Wildman–Crippen LogP) is 2.25. The molecule has 2 atom stereocenters. The van der Waals surface area contributed by atoms with Gasteiger partial charge in [0, 0.05) is 42.9 Å². The molecule has 2 aliphatic rings. The zero-order chi connectivity index (χ0) is 17.9. The van der Waals surface area contributed by atoms with Gasteiger partial charge in [0.2, 0.25) is 0 Å². The maximum atomic E-state index is 11.6. The van der Waals surface area contributed by atoms with Gasteiger partial charge in [-0.3, -0.25) is 4.99 Å². The van der Waals surface area contributed by atoms with Crippen molar-refractivity contribution in [3.05, 3.63) is 28.7 Å². The molecule has 2 saturated heterocycles. The molecule has 2 unspecified atom stereocenters. The fraction of sp³-hybridized carbons (Fsp3) is 0.588. The van der Waals surface area contributed by atoms with Crippen molar-refractivity contribution in [2.75, 3.05) is 43.1 Å². The normalized spacial score (nSPS) is 25.0. The van der Waals surface area contributed by atoms with E-state index in [1.807, 2.05) is 6.07 Å². The number of hydrogen-bond donors (Lipinski definition) is 2. The first-order valence-electron chi connectivity index (χ1n) is 8.63. The Kier molecular flexibility index (Phi) is 8.02. The molecule has 146 valence electrons. The summed E-state index contributed by atoms with van der Waals surface area (Å²) >= 11 is 3.53. The number of nitrogens with zero attached hydrogens (tertiary/aromatic N) is 2. The Balaban J connectivity index is 0.00000243. The standard InChI is InChI=1S/C17H25BrN4O2S.HI/c1-19-17(21-15-6-8-25(23,24)12-15)20-10-13-5-7-22(11-13)16-4-2-3-14(18)9-16;/h2-4,9,13,15H,5-8,10-12H2,1H3,(H2,19,20,21);1H. The second kappa shape index (κ2) is 9.59. The van der Waals surface area contributed by atoms with E-state index < -0.39 is 9.84 Å². The number of nitrogens with one attached hydrogen (secondary N) is 2. The maximum absolute atomic E-state index is 11.6. The lowest BCUT2D eigenvalue weighted by atomic mass is 10.1. The Hall–Kier alpha value is -0.550. The highest BCUT2D eigenvalue weighted by molar-refractivity contribution is 14.0. The monoisotopic (exact) mass is 556 g/mol. The van der Waals surface area contributed by atoms with E-state index in [-0.39, 0.29) is 41.5 Å². The number of halogens is 2. The van der Waals surface area contributed by atoms with E-state index in [1.165, 1.54) is 5.69 Å². The van der Waals surface area contributed by atoms with E-state index >= 15 is 0 Å². The molecule has 1 aromatic carbocycles. The molecule has 6 nitrogen and oxygen atoms in total. The summed E-state index contributed by atoms with van der Waals surface area (Å²) in [6.45, 7) is 2.90. The Morgan fingerprint density at radius 2 is 2.19 bits per heavy atom. The minimum Gasteiger partial charge on any atom is -0.371 e. The lowest BCUT2D eigenvalue weighted by Crippen LogP contribution is -2.45. The molecule has 2 heterocycles. The highest BCUT2D eigenvalue weighted by Gasteiger charge is 2.29. The van der Waals surface area contributed by atoms with Crippen LogP contribution < -0.4 is 15.5 Å². The van der Waals surface area contributed by atoms with E-state index in [0.717, 1.165) is 30.5 Å². The molecule has 1 aromatic rings. The van der Waals surface area contributed by atoms with Crippen molar-refractivity contribution in [2.24, 2.45) is 10.9 Å². The van der Waals surface area contributed by atoms with Gasteiger partial charge >= 0.3 is 0 Å². The van der Waals surface area contributed by atoms with Crippen LogP contribution >= 0.6 is 39.9 Å². The summed E-state index contributed by atoms with van der Waals surface area (Å²) in [5, 5.41) is 6.59. The number of guanidine groups is 1.